The first-order chi connectivity index (χ1) is 9.58. The Kier molecular flexibility index (Phi) is 7.92. The molecule has 6 heteroatoms. The maximum absolute atomic E-state index is 12.0. The second kappa shape index (κ2) is 9.19. The molecule has 1 aromatic carbocycles. The summed E-state index contributed by atoms with van der Waals surface area (Å²) in [5, 5.41) is 12.5. The second-order valence-corrected chi connectivity index (χ2v) is 5.29. The van der Waals surface area contributed by atoms with E-state index in [-0.39, 0.29) is 19.1 Å². The molecule has 0 heterocycles. The van der Waals surface area contributed by atoms with Gasteiger partial charge in [0.1, 0.15) is 0 Å². The van der Waals surface area contributed by atoms with Gasteiger partial charge >= 0.3 is 0 Å². The van der Waals surface area contributed by atoms with Crippen molar-refractivity contribution in [2.24, 2.45) is 0 Å². The van der Waals surface area contributed by atoms with Gasteiger partial charge in [0.05, 0.1) is 28.9 Å². The van der Waals surface area contributed by atoms with Gasteiger partial charge in [-0.25, -0.2) is 0 Å². The highest BCUT2D eigenvalue weighted by atomic mass is 35.5. The zero-order valence-electron chi connectivity index (χ0n) is 11.5. The largest absolute Gasteiger partial charge is 0.395 e. The van der Waals surface area contributed by atoms with Crippen molar-refractivity contribution in [3.05, 3.63) is 28.2 Å². The number of halogens is 2. The predicted molar refractivity (Wildman–Crippen MR) is 83.5 cm³/mol. The third-order valence-electron chi connectivity index (χ3n) is 2.84. The zero-order valence-corrected chi connectivity index (χ0v) is 13.0. The summed E-state index contributed by atoms with van der Waals surface area (Å²) in [6.07, 6.45) is 2.04. The molecule has 0 bridgehead atoms. The van der Waals surface area contributed by atoms with Gasteiger partial charge in [0, 0.05) is 6.54 Å². The summed E-state index contributed by atoms with van der Waals surface area (Å²) in [4.78, 5) is 13.9. The number of anilines is 1. The topological polar surface area (TPSA) is 52.6 Å². The Labute approximate surface area is 129 Å². The summed E-state index contributed by atoms with van der Waals surface area (Å²) >= 11 is 11.9. The van der Waals surface area contributed by atoms with E-state index >= 15 is 0 Å². The molecule has 0 saturated heterocycles. The van der Waals surface area contributed by atoms with Gasteiger partial charge in [0.25, 0.3) is 0 Å². The SMILES string of the molecule is CCCCN(CCO)CC(=O)Nc1cccc(Cl)c1Cl. The predicted octanol–water partition coefficient (Wildman–Crippen LogP) is 3.03. The minimum Gasteiger partial charge on any atom is -0.395 e. The molecule has 4 nitrogen and oxygen atoms in total. The van der Waals surface area contributed by atoms with E-state index in [1.807, 2.05) is 4.90 Å². The van der Waals surface area contributed by atoms with Crippen LogP contribution in [0.5, 0.6) is 0 Å². The first kappa shape index (κ1) is 17.2. The molecule has 0 atom stereocenters. The highest BCUT2D eigenvalue weighted by Gasteiger charge is 2.12. The van der Waals surface area contributed by atoms with Crippen LogP contribution < -0.4 is 5.32 Å². The number of nitrogens with one attached hydrogen (secondary N) is 1. The van der Waals surface area contributed by atoms with Crippen LogP contribution in [0, 0.1) is 0 Å². The quantitative estimate of drug-likeness (QED) is 0.774. The number of unbranched alkanes of at least 4 members (excludes halogenated alkanes) is 1. The molecule has 0 saturated carbocycles. The maximum Gasteiger partial charge on any atom is 0.238 e. The molecule has 0 radical (unpaired) electrons. The van der Waals surface area contributed by atoms with Crippen molar-refractivity contribution in [1.82, 2.24) is 4.90 Å². The molecule has 0 spiro atoms. The second-order valence-electron chi connectivity index (χ2n) is 4.50. The molecule has 0 aliphatic carbocycles. The number of hydrogen-bond donors (Lipinski definition) is 2. The van der Waals surface area contributed by atoms with Crippen LogP contribution in [0.3, 0.4) is 0 Å². The first-order valence-electron chi connectivity index (χ1n) is 6.65. The Balaban J connectivity index is 2.58. The molecule has 0 aliphatic heterocycles. The fraction of sp³-hybridized carbons (Fsp3) is 0.500. The van der Waals surface area contributed by atoms with E-state index in [9.17, 15) is 4.79 Å². The number of aliphatic hydroxyl groups excluding tert-OH is 1. The van der Waals surface area contributed by atoms with E-state index in [2.05, 4.69) is 12.2 Å². The summed E-state index contributed by atoms with van der Waals surface area (Å²) in [5.41, 5.74) is 0.503. The van der Waals surface area contributed by atoms with Crippen molar-refractivity contribution in [2.75, 3.05) is 31.6 Å². The van der Waals surface area contributed by atoms with Crippen LogP contribution in [0.1, 0.15) is 19.8 Å². The zero-order chi connectivity index (χ0) is 15.0. The van der Waals surface area contributed by atoms with E-state index in [1.54, 1.807) is 18.2 Å². The first-order valence-corrected chi connectivity index (χ1v) is 7.41. The number of amides is 1. The normalized spacial score (nSPS) is 10.8. The Bertz CT molecular complexity index is 441. The van der Waals surface area contributed by atoms with E-state index < -0.39 is 0 Å². The lowest BCUT2D eigenvalue weighted by Crippen LogP contribution is -2.36. The van der Waals surface area contributed by atoms with Crippen molar-refractivity contribution in [3.8, 4) is 0 Å². The summed E-state index contributed by atoms with van der Waals surface area (Å²) in [5.74, 6) is -0.168. The van der Waals surface area contributed by atoms with E-state index in [0.29, 0.717) is 22.3 Å². The number of rotatable bonds is 8. The third-order valence-corrected chi connectivity index (χ3v) is 3.66. The summed E-state index contributed by atoms with van der Waals surface area (Å²) in [7, 11) is 0. The lowest BCUT2D eigenvalue weighted by atomic mass is 10.3. The van der Waals surface area contributed by atoms with Gasteiger partial charge in [0.15, 0.2) is 0 Å². The van der Waals surface area contributed by atoms with Gasteiger partial charge in [-0.2, -0.15) is 0 Å². The summed E-state index contributed by atoms with van der Waals surface area (Å²) < 4.78 is 0. The lowest BCUT2D eigenvalue weighted by Gasteiger charge is -2.20. The number of carbonyl (C=O) groups excluding carboxylic acids is 1. The highest BCUT2D eigenvalue weighted by Crippen LogP contribution is 2.29. The Hall–Kier alpha value is -0.810. The molecule has 112 valence electrons. The van der Waals surface area contributed by atoms with Crippen molar-refractivity contribution in [2.45, 2.75) is 19.8 Å². The molecule has 1 amide bonds. The van der Waals surface area contributed by atoms with Crippen LogP contribution >= 0.6 is 23.2 Å². The fourth-order valence-corrected chi connectivity index (χ4v) is 2.13. The molecular formula is C14H20Cl2N2O2. The maximum atomic E-state index is 12.0. The number of nitrogens with zero attached hydrogens (tertiary/aromatic N) is 1. The molecule has 2 N–H and O–H groups in total. The van der Waals surface area contributed by atoms with Gasteiger partial charge in [-0.1, -0.05) is 42.6 Å². The minimum absolute atomic E-state index is 0.0366. The smallest absolute Gasteiger partial charge is 0.238 e. The van der Waals surface area contributed by atoms with Gasteiger partial charge in [-0.3, -0.25) is 9.69 Å². The van der Waals surface area contributed by atoms with Crippen LogP contribution in [0.2, 0.25) is 10.0 Å². The van der Waals surface area contributed by atoms with Crippen molar-refractivity contribution in [1.29, 1.82) is 0 Å². The minimum atomic E-state index is -0.168. The Morgan fingerprint density at radius 1 is 1.35 bits per heavy atom. The molecule has 0 fully saturated rings. The van der Waals surface area contributed by atoms with Gasteiger partial charge in [0.2, 0.25) is 5.91 Å². The Morgan fingerprint density at radius 2 is 2.10 bits per heavy atom. The van der Waals surface area contributed by atoms with Crippen LogP contribution in [0.15, 0.2) is 18.2 Å². The number of hydrogen-bond acceptors (Lipinski definition) is 3. The number of aliphatic hydroxyl groups is 1. The van der Waals surface area contributed by atoms with E-state index in [0.717, 1.165) is 19.4 Å². The molecule has 0 aromatic heterocycles. The molecule has 0 unspecified atom stereocenters. The van der Waals surface area contributed by atoms with Crippen LogP contribution in [0.25, 0.3) is 0 Å². The number of carbonyl (C=O) groups is 1. The van der Waals surface area contributed by atoms with Crippen LogP contribution in [0.4, 0.5) is 5.69 Å². The monoisotopic (exact) mass is 318 g/mol. The van der Waals surface area contributed by atoms with Gasteiger partial charge in [-0.05, 0) is 25.1 Å². The van der Waals surface area contributed by atoms with E-state index in [1.165, 1.54) is 0 Å². The number of benzene rings is 1. The van der Waals surface area contributed by atoms with Crippen molar-refractivity contribution < 1.29 is 9.90 Å². The standard InChI is InChI=1S/C14H20Cl2N2O2/c1-2-3-7-18(8-9-19)10-13(20)17-12-6-4-5-11(15)14(12)16/h4-6,19H,2-3,7-10H2,1H3,(H,17,20). The van der Waals surface area contributed by atoms with Crippen LogP contribution in [-0.2, 0) is 4.79 Å². The van der Waals surface area contributed by atoms with Gasteiger partial charge in [-0.15, -0.1) is 0 Å². The molecule has 0 aliphatic rings. The van der Waals surface area contributed by atoms with Crippen molar-refractivity contribution >= 4 is 34.8 Å². The Morgan fingerprint density at radius 3 is 2.75 bits per heavy atom. The molecular weight excluding hydrogens is 299 g/mol. The summed E-state index contributed by atoms with van der Waals surface area (Å²) in [6.45, 7) is 3.62. The van der Waals surface area contributed by atoms with Gasteiger partial charge < -0.3 is 10.4 Å². The molecule has 1 aromatic rings. The third kappa shape index (κ3) is 5.67. The lowest BCUT2D eigenvalue weighted by molar-refractivity contribution is -0.117. The summed E-state index contributed by atoms with van der Waals surface area (Å²) in [6, 6.07) is 5.10. The fourth-order valence-electron chi connectivity index (χ4n) is 1.79. The average molecular weight is 319 g/mol. The van der Waals surface area contributed by atoms with Crippen molar-refractivity contribution in [3.63, 3.8) is 0 Å². The average Bonchev–Trinajstić information content (AvgIpc) is 2.41. The molecule has 1 rings (SSSR count). The molecule has 20 heavy (non-hydrogen) atoms. The van der Waals surface area contributed by atoms with Crippen LogP contribution in [-0.4, -0.2) is 42.2 Å². The highest BCUT2D eigenvalue weighted by molar-refractivity contribution is 6.43. The van der Waals surface area contributed by atoms with E-state index in [4.69, 9.17) is 28.3 Å².